The average molecular weight is 447 g/mol. The van der Waals surface area contributed by atoms with Gasteiger partial charge in [-0.3, -0.25) is 9.59 Å². The van der Waals surface area contributed by atoms with E-state index in [1.165, 1.54) is 0 Å². The first-order chi connectivity index (χ1) is 12.4. The molecule has 158 valence electrons. The summed E-state index contributed by atoms with van der Waals surface area (Å²) in [4.78, 5) is 30.1. The van der Waals surface area contributed by atoms with Crippen LogP contribution in [0.15, 0.2) is 18.2 Å². The first kappa shape index (κ1) is 28.9. The standard InChI is InChI=1S/C12H8F7NO4.CH2O3.Na/c13-10(14,11(15,16)12(17,18)19)9(24)20-6-3-5(4-8(22)23)1-2-7(6)21;2-1(3)4;/h1-3,21H,4H2,(H,20,24)(H,22,23);(H2,2,3,4);/q;;+1/p-1. The van der Waals surface area contributed by atoms with E-state index in [-0.39, 0.29) is 35.1 Å². The number of aromatic hydroxyl groups is 1. The van der Waals surface area contributed by atoms with Gasteiger partial charge in [0.25, 0.3) is 0 Å². The SMILES string of the molecule is O=C(O)Cc1ccc(O)c(NC(=O)C(F)(F)C(F)(F)C(F)(F)F)c1.O=C([O-])O.[Na+]. The zero-order valence-corrected chi connectivity index (χ0v) is 16.1. The van der Waals surface area contributed by atoms with Crippen molar-refractivity contribution in [1.29, 1.82) is 0 Å². The van der Waals surface area contributed by atoms with Crippen molar-refractivity contribution in [2.75, 3.05) is 5.32 Å². The fraction of sp³-hybridized carbons (Fsp3) is 0.308. The van der Waals surface area contributed by atoms with Crippen LogP contribution in [0.5, 0.6) is 5.75 Å². The van der Waals surface area contributed by atoms with Gasteiger partial charge in [-0.2, -0.15) is 30.7 Å². The molecule has 0 unspecified atom stereocenters. The molecule has 0 aliphatic rings. The van der Waals surface area contributed by atoms with Crippen molar-refractivity contribution in [2.24, 2.45) is 0 Å². The number of phenols is 1. The number of carbonyl (C=O) groups excluding carboxylic acids is 1. The molecule has 0 fully saturated rings. The van der Waals surface area contributed by atoms with Crippen LogP contribution in [0.1, 0.15) is 5.56 Å². The number of rotatable bonds is 5. The molecule has 1 aromatic rings. The van der Waals surface area contributed by atoms with E-state index in [2.05, 4.69) is 0 Å². The van der Waals surface area contributed by atoms with E-state index in [0.717, 1.165) is 17.4 Å². The van der Waals surface area contributed by atoms with Gasteiger partial charge >= 0.3 is 59.5 Å². The van der Waals surface area contributed by atoms with E-state index in [9.17, 15) is 45.4 Å². The van der Waals surface area contributed by atoms with Crippen molar-refractivity contribution >= 4 is 23.7 Å². The van der Waals surface area contributed by atoms with Gasteiger partial charge in [-0.15, -0.1) is 0 Å². The van der Waals surface area contributed by atoms with Crippen molar-refractivity contribution in [3.8, 4) is 5.75 Å². The number of nitrogens with one attached hydrogen (secondary N) is 1. The molecule has 8 nitrogen and oxygen atoms in total. The third-order valence-electron chi connectivity index (χ3n) is 2.70. The number of anilines is 1. The summed E-state index contributed by atoms with van der Waals surface area (Å²) in [7, 11) is 0. The molecular formula is C13H9F7NNaO7. The minimum absolute atomic E-state index is 0. The van der Waals surface area contributed by atoms with Gasteiger partial charge in [0.05, 0.1) is 12.1 Å². The Morgan fingerprint density at radius 1 is 1.00 bits per heavy atom. The Morgan fingerprint density at radius 2 is 1.45 bits per heavy atom. The second-order valence-electron chi connectivity index (χ2n) is 4.79. The molecular weight excluding hydrogens is 438 g/mol. The van der Waals surface area contributed by atoms with Crippen LogP contribution in [0.4, 0.5) is 41.2 Å². The first-order valence-corrected chi connectivity index (χ1v) is 6.51. The molecule has 0 atom stereocenters. The molecule has 29 heavy (non-hydrogen) atoms. The molecule has 16 heteroatoms. The Morgan fingerprint density at radius 3 is 1.83 bits per heavy atom. The van der Waals surface area contributed by atoms with Crippen LogP contribution in [0.3, 0.4) is 0 Å². The monoisotopic (exact) mass is 447 g/mol. The third kappa shape index (κ3) is 7.94. The minimum atomic E-state index is -6.69. The topological polar surface area (TPSA) is 147 Å². The van der Waals surface area contributed by atoms with Gasteiger partial charge in [-0.25, -0.2) is 0 Å². The quantitative estimate of drug-likeness (QED) is 0.249. The van der Waals surface area contributed by atoms with Crippen LogP contribution in [-0.2, 0) is 16.0 Å². The zero-order chi connectivity index (χ0) is 22.5. The number of phenolic OH excluding ortho intramolecular Hbond substituents is 1. The fourth-order valence-electron chi connectivity index (χ4n) is 1.49. The van der Waals surface area contributed by atoms with Gasteiger partial charge in [-0.1, -0.05) is 6.07 Å². The molecule has 0 bridgehead atoms. The summed E-state index contributed by atoms with van der Waals surface area (Å²) >= 11 is 0. The zero-order valence-electron chi connectivity index (χ0n) is 14.1. The number of hydrogen-bond donors (Lipinski definition) is 4. The number of alkyl halides is 7. The van der Waals surface area contributed by atoms with Crippen molar-refractivity contribution < 1.29 is 95.1 Å². The fourth-order valence-corrected chi connectivity index (χ4v) is 1.49. The molecule has 4 N–H and O–H groups in total. The summed E-state index contributed by atoms with van der Waals surface area (Å²) in [6.07, 6.45) is -9.46. The maximum atomic E-state index is 13.2. The Kier molecular flexibility index (Phi) is 10.5. The molecule has 0 saturated heterocycles. The molecule has 0 heterocycles. The third-order valence-corrected chi connectivity index (χ3v) is 2.70. The number of carboxylic acids is 1. The van der Waals surface area contributed by atoms with Crippen molar-refractivity contribution in [3.63, 3.8) is 0 Å². The Bertz CT molecular complexity index is 752. The number of carbonyl (C=O) groups is 3. The smallest absolute Gasteiger partial charge is 0.565 e. The molecule has 1 aromatic carbocycles. The second kappa shape index (κ2) is 10.5. The second-order valence-corrected chi connectivity index (χ2v) is 4.79. The number of halogens is 7. The van der Waals surface area contributed by atoms with Crippen molar-refractivity contribution in [2.45, 2.75) is 24.4 Å². The van der Waals surface area contributed by atoms with Crippen LogP contribution in [0.25, 0.3) is 0 Å². The molecule has 1 rings (SSSR count). The van der Waals surface area contributed by atoms with Crippen LogP contribution >= 0.6 is 0 Å². The minimum Gasteiger partial charge on any atom is -0.565 e. The van der Waals surface area contributed by atoms with Crippen LogP contribution in [-0.4, -0.2) is 51.4 Å². The molecule has 0 aliphatic heterocycles. The Balaban J connectivity index is 0. The predicted molar refractivity (Wildman–Crippen MR) is 72.1 cm³/mol. The van der Waals surface area contributed by atoms with Crippen molar-refractivity contribution in [3.05, 3.63) is 23.8 Å². The number of aliphatic carboxylic acids is 1. The molecule has 0 spiro atoms. The summed E-state index contributed by atoms with van der Waals surface area (Å²) in [6, 6.07) is 2.40. The maximum Gasteiger partial charge on any atom is 1.00 e. The summed E-state index contributed by atoms with van der Waals surface area (Å²) in [6.45, 7) is 0. The molecule has 1 amide bonds. The maximum absolute atomic E-state index is 13.2. The first-order valence-electron chi connectivity index (χ1n) is 6.51. The average Bonchev–Trinajstić information content (AvgIpc) is 2.48. The number of amides is 1. The van der Waals surface area contributed by atoms with E-state index in [4.69, 9.17) is 20.1 Å². The van der Waals surface area contributed by atoms with Gasteiger partial charge in [0, 0.05) is 0 Å². The number of hydrogen-bond acceptors (Lipinski definition) is 5. The Hall–Kier alpha value is -2.26. The van der Waals surface area contributed by atoms with E-state index >= 15 is 0 Å². The summed E-state index contributed by atoms with van der Waals surface area (Å²) in [5.74, 6) is -18.2. The molecule has 0 saturated carbocycles. The van der Waals surface area contributed by atoms with Gasteiger partial charge < -0.3 is 30.5 Å². The van der Waals surface area contributed by atoms with Crippen LogP contribution < -0.4 is 40.0 Å². The molecule has 0 aliphatic carbocycles. The van der Waals surface area contributed by atoms with Crippen molar-refractivity contribution in [1.82, 2.24) is 0 Å². The molecule has 0 aromatic heterocycles. The summed E-state index contributed by atoms with van der Waals surface area (Å²) in [5.41, 5.74) is -1.09. The number of carboxylic acid groups (broad SMARTS) is 3. The Labute approximate surface area is 178 Å². The summed E-state index contributed by atoms with van der Waals surface area (Å²) < 4.78 is 87.8. The van der Waals surface area contributed by atoms with Gasteiger partial charge in [0.1, 0.15) is 5.75 Å². The van der Waals surface area contributed by atoms with Gasteiger partial charge in [0.15, 0.2) is 0 Å². The normalized spacial score (nSPS) is 11.4. The van der Waals surface area contributed by atoms with E-state index < -0.39 is 53.9 Å². The molecule has 0 radical (unpaired) electrons. The summed E-state index contributed by atoms with van der Waals surface area (Å²) in [5, 5.41) is 34.2. The largest absolute Gasteiger partial charge is 1.00 e. The van der Waals surface area contributed by atoms with E-state index in [0.29, 0.717) is 6.07 Å². The van der Waals surface area contributed by atoms with Crippen LogP contribution in [0.2, 0.25) is 0 Å². The van der Waals surface area contributed by atoms with E-state index in [1.54, 1.807) is 0 Å². The number of benzene rings is 1. The van der Waals surface area contributed by atoms with Crippen LogP contribution in [0, 0.1) is 0 Å². The predicted octanol–water partition coefficient (Wildman–Crippen LogP) is -1.32. The van der Waals surface area contributed by atoms with Gasteiger partial charge in [0.2, 0.25) is 6.16 Å². The van der Waals surface area contributed by atoms with E-state index in [1.807, 2.05) is 0 Å². The van der Waals surface area contributed by atoms with Gasteiger partial charge in [-0.05, 0) is 17.7 Å².